The zero-order valence-electron chi connectivity index (χ0n) is 11.4. The summed E-state index contributed by atoms with van der Waals surface area (Å²) in [6, 6.07) is 15.2. The highest BCUT2D eigenvalue weighted by molar-refractivity contribution is 7.19. The molecule has 0 N–H and O–H groups in total. The van der Waals surface area contributed by atoms with Crippen LogP contribution in [-0.4, -0.2) is 11.0 Å². The second-order valence-electron chi connectivity index (χ2n) is 4.59. The van der Waals surface area contributed by atoms with Crippen molar-refractivity contribution in [3.05, 3.63) is 65.2 Å². The van der Waals surface area contributed by atoms with E-state index in [4.69, 9.17) is 4.74 Å². The maximum Gasteiger partial charge on any atom is 0.336 e. The Hall–Kier alpha value is -2.46. The third kappa shape index (κ3) is 3.35. The van der Waals surface area contributed by atoms with E-state index < -0.39 is 5.97 Å². The van der Waals surface area contributed by atoms with Crippen LogP contribution in [0.3, 0.4) is 0 Å². The number of hydrogen-bond donors (Lipinski definition) is 0. The molecule has 0 spiro atoms. The maximum absolute atomic E-state index is 11.8. The lowest BCUT2D eigenvalue weighted by molar-refractivity contribution is -0.128. The summed E-state index contributed by atoms with van der Waals surface area (Å²) in [5.41, 5.74) is 2.06. The number of thiazole rings is 1. The Bertz CT molecular complexity index is 770. The minimum atomic E-state index is -0.405. The van der Waals surface area contributed by atoms with E-state index in [-0.39, 0.29) is 0 Å². The number of carbonyl (C=O) groups is 1. The van der Waals surface area contributed by atoms with E-state index >= 15 is 0 Å². The van der Waals surface area contributed by atoms with Gasteiger partial charge in [-0.3, -0.25) is 0 Å². The molecule has 2 aromatic carbocycles. The number of carbonyl (C=O) groups excluding carboxylic acids is 1. The summed E-state index contributed by atoms with van der Waals surface area (Å²) in [4.78, 5) is 16.2. The number of ether oxygens (including phenoxy) is 1. The molecule has 0 amide bonds. The smallest absolute Gasteiger partial charge is 0.336 e. The van der Waals surface area contributed by atoms with Crippen molar-refractivity contribution < 1.29 is 9.53 Å². The van der Waals surface area contributed by atoms with E-state index in [0.717, 1.165) is 20.8 Å². The Morgan fingerprint density at radius 3 is 2.67 bits per heavy atom. The van der Waals surface area contributed by atoms with Crippen LogP contribution in [0, 0.1) is 6.92 Å². The highest BCUT2D eigenvalue weighted by Crippen LogP contribution is 2.22. The van der Waals surface area contributed by atoms with Crippen LogP contribution in [0.1, 0.15) is 10.6 Å². The number of para-hydroxylation sites is 1. The highest BCUT2D eigenvalue weighted by Gasteiger charge is 2.03. The van der Waals surface area contributed by atoms with E-state index in [1.165, 1.54) is 6.08 Å². The number of fused-ring (bicyclic) bond motifs is 1. The van der Waals surface area contributed by atoms with Crippen molar-refractivity contribution in [2.45, 2.75) is 6.92 Å². The van der Waals surface area contributed by atoms with Gasteiger partial charge in [0.2, 0.25) is 0 Å². The SMILES string of the molecule is Cc1ccc(OC(=O)/C=C/c2nc3ccccc3s2)cc1. The molecule has 3 aromatic rings. The third-order valence-electron chi connectivity index (χ3n) is 2.91. The second kappa shape index (κ2) is 5.89. The van der Waals surface area contributed by atoms with Crippen LogP contribution in [0.15, 0.2) is 54.6 Å². The molecule has 0 aliphatic heterocycles. The molecule has 1 aromatic heterocycles. The fourth-order valence-electron chi connectivity index (χ4n) is 1.86. The molecule has 0 unspecified atom stereocenters. The normalized spacial score (nSPS) is 11.1. The highest BCUT2D eigenvalue weighted by atomic mass is 32.1. The summed E-state index contributed by atoms with van der Waals surface area (Å²) in [6.07, 6.45) is 3.08. The second-order valence-corrected chi connectivity index (χ2v) is 5.65. The molecule has 0 bridgehead atoms. The number of rotatable bonds is 3. The van der Waals surface area contributed by atoms with Gasteiger partial charge in [-0.15, -0.1) is 11.3 Å². The van der Waals surface area contributed by atoms with Crippen molar-refractivity contribution in [3.63, 3.8) is 0 Å². The van der Waals surface area contributed by atoms with Crippen molar-refractivity contribution in [2.75, 3.05) is 0 Å². The van der Waals surface area contributed by atoms with Gasteiger partial charge < -0.3 is 4.74 Å². The molecule has 0 aliphatic carbocycles. The van der Waals surface area contributed by atoms with Crippen LogP contribution >= 0.6 is 11.3 Å². The van der Waals surface area contributed by atoms with E-state index in [1.54, 1.807) is 29.5 Å². The standard InChI is InChI=1S/C17H13NO2S/c1-12-6-8-13(9-7-12)20-17(19)11-10-16-18-14-4-2-3-5-15(14)21-16/h2-11H,1H3/b11-10+. The number of nitrogens with zero attached hydrogens (tertiary/aromatic N) is 1. The summed E-state index contributed by atoms with van der Waals surface area (Å²) in [5.74, 6) is 0.137. The molecule has 3 nitrogen and oxygen atoms in total. The lowest BCUT2D eigenvalue weighted by Gasteiger charge is -2.00. The average molecular weight is 295 g/mol. The van der Waals surface area contributed by atoms with Gasteiger partial charge in [-0.05, 0) is 37.3 Å². The number of aromatic nitrogens is 1. The van der Waals surface area contributed by atoms with Gasteiger partial charge in [0, 0.05) is 6.08 Å². The molecule has 4 heteroatoms. The molecule has 1 heterocycles. The summed E-state index contributed by atoms with van der Waals surface area (Å²) in [5, 5.41) is 0.789. The lowest BCUT2D eigenvalue weighted by Crippen LogP contribution is -2.03. The monoisotopic (exact) mass is 295 g/mol. The van der Waals surface area contributed by atoms with Gasteiger partial charge in [0.05, 0.1) is 10.2 Å². The zero-order chi connectivity index (χ0) is 14.7. The van der Waals surface area contributed by atoms with Gasteiger partial charge in [0.15, 0.2) is 0 Å². The fourth-order valence-corrected chi connectivity index (χ4v) is 2.73. The Morgan fingerprint density at radius 2 is 1.90 bits per heavy atom. The average Bonchev–Trinajstić information content (AvgIpc) is 2.90. The van der Waals surface area contributed by atoms with E-state index in [9.17, 15) is 4.79 Å². The van der Waals surface area contributed by atoms with Crippen LogP contribution in [0.2, 0.25) is 0 Å². The molecular weight excluding hydrogens is 282 g/mol. The van der Waals surface area contributed by atoms with Gasteiger partial charge in [0.25, 0.3) is 0 Å². The Labute approximate surface area is 126 Å². The first-order valence-electron chi connectivity index (χ1n) is 6.53. The van der Waals surface area contributed by atoms with E-state index in [2.05, 4.69) is 4.98 Å². The minimum Gasteiger partial charge on any atom is -0.423 e. The first kappa shape index (κ1) is 13.5. The van der Waals surface area contributed by atoms with Crippen LogP contribution in [-0.2, 0) is 4.79 Å². The van der Waals surface area contributed by atoms with E-state index in [0.29, 0.717) is 5.75 Å². The predicted octanol–water partition coefficient (Wildman–Crippen LogP) is 4.22. The number of hydrogen-bond acceptors (Lipinski definition) is 4. The molecular formula is C17H13NO2S. The largest absolute Gasteiger partial charge is 0.423 e. The Kier molecular flexibility index (Phi) is 3.79. The number of benzene rings is 2. The quantitative estimate of drug-likeness (QED) is 0.412. The third-order valence-corrected chi connectivity index (χ3v) is 3.91. The summed E-state index contributed by atoms with van der Waals surface area (Å²) in [6.45, 7) is 1.98. The van der Waals surface area contributed by atoms with Crippen molar-refractivity contribution in [1.82, 2.24) is 4.98 Å². The van der Waals surface area contributed by atoms with Crippen LogP contribution in [0.5, 0.6) is 5.75 Å². The topological polar surface area (TPSA) is 39.2 Å². The van der Waals surface area contributed by atoms with Crippen LogP contribution in [0.4, 0.5) is 0 Å². The lowest BCUT2D eigenvalue weighted by atomic mass is 10.2. The van der Waals surface area contributed by atoms with E-state index in [1.807, 2.05) is 43.3 Å². The molecule has 0 saturated carbocycles. The molecule has 0 radical (unpaired) electrons. The minimum absolute atomic E-state index is 0.405. The fraction of sp³-hybridized carbons (Fsp3) is 0.0588. The first-order chi connectivity index (χ1) is 10.2. The molecule has 3 rings (SSSR count). The molecule has 0 aliphatic rings. The van der Waals surface area contributed by atoms with Crippen molar-refractivity contribution in [3.8, 4) is 5.75 Å². The van der Waals surface area contributed by atoms with Crippen molar-refractivity contribution in [1.29, 1.82) is 0 Å². The summed E-state index contributed by atoms with van der Waals surface area (Å²) < 4.78 is 6.32. The molecule has 0 saturated heterocycles. The zero-order valence-corrected chi connectivity index (χ0v) is 12.3. The van der Waals surface area contributed by atoms with Gasteiger partial charge in [-0.2, -0.15) is 0 Å². The van der Waals surface area contributed by atoms with Crippen molar-refractivity contribution >= 4 is 33.6 Å². The molecule has 0 fully saturated rings. The first-order valence-corrected chi connectivity index (χ1v) is 7.34. The molecule has 21 heavy (non-hydrogen) atoms. The Balaban J connectivity index is 1.70. The summed E-state index contributed by atoms with van der Waals surface area (Å²) in [7, 11) is 0. The van der Waals surface area contributed by atoms with Crippen molar-refractivity contribution in [2.24, 2.45) is 0 Å². The maximum atomic E-state index is 11.8. The predicted molar refractivity (Wildman–Crippen MR) is 85.5 cm³/mol. The molecule has 104 valence electrons. The van der Waals surface area contributed by atoms with Crippen LogP contribution < -0.4 is 4.74 Å². The Morgan fingerprint density at radius 1 is 1.14 bits per heavy atom. The van der Waals surface area contributed by atoms with Crippen LogP contribution in [0.25, 0.3) is 16.3 Å². The number of aryl methyl sites for hydroxylation is 1. The summed E-state index contributed by atoms with van der Waals surface area (Å²) >= 11 is 1.54. The van der Waals surface area contributed by atoms with Gasteiger partial charge >= 0.3 is 5.97 Å². The molecule has 0 atom stereocenters. The van der Waals surface area contributed by atoms with Gasteiger partial charge in [-0.25, -0.2) is 9.78 Å². The van der Waals surface area contributed by atoms with Gasteiger partial charge in [0.1, 0.15) is 10.8 Å². The van der Waals surface area contributed by atoms with Gasteiger partial charge in [-0.1, -0.05) is 29.8 Å². The number of esters is 1.